The molecule has 11 heavy (non-hydrogen) atoms. The molecule has 0 bridgehead atoms. The lowest BCUT2D eigenvalue weighted by molar-refractivity contribution is 1.24. The van der Waals surface area contributed by atoms with Gasteiger partial charge in [-0.15, -0.1) is 0 Å². The molecule has 1 N–H and O–H groups in total. The van der Waals surface area contributed by atoms with Gasteiger partial charge in [-0.3, -0.25) is 0 Å². The maximum Gasteiger partial charge on any atom is 0.0883 e. The van der Waals surface area contributed by atoms with Gasteiger partial charge in [0.15, 0.2) is 0 Å². The van der Waals surface area contributed by atoms with Crippen molar-refractivity contribution in [3.8, 4) is 0 Å². The fraction of sp³-hybridized carbons (Fsp3) is 0.111. The second kappa shape index (κ2) is 2.62. The second-order valence-corrected chi connectivity index (χ2v) is 3.09. The number of benzene rings is 1. The zero-order valence-corrected chi connectivity index (χ0v) is 6.88. The maximum absolute atomic E-state index is 4.29. The number of thiol groups is 1. The number of nitrogens with one attached hydrogen (secondary N) is 1. The van der Waals surface area contributed by atoms with E-state index < -0.39 is 0 Å². The van der Waals surface area contributed by atoms with E-state index in [1.807, 2.05) is 18.2 Å². The van der Waals surface area contributed by atoms with Crippen LogP contribution in [0.4, 0.5) is 5.69 Å². The topological polar surface area (TPSA) is 12.0 Å². The minimum Gasteiger partial charge on any atom is -0.370 e. The average Bonchev–Trinajstić information content (AvgIpc) is 2.04. The van der Waals surface area contributed by atoms with Crippen LogP contribution in [0.2, 0.25) is 0 Å². The zero-order chi connectivity index (χ0) is 7.68. The maximum atomic E-state index is 4.29. The summed E-state index contributed by atoms with van der Waals surface area (Å²) < 4.78 is 0. The Morgan fingerprint density at radius 1 is 1.27 bits per heavy atom. The summed E-state index contributed by atoms with van der Waals surface area (Å²) in [6, 6.07) is 8.19. The van der Waals surface area contributed by atoms with Gasteiger partial charge in [-0.25, -0.2) is 0 Å². The number of hydrogen-bond donors (Lipinski definition) is 2. The molecule has 2 rings (SSSR count). The molecule has 1 nitrogen and oxygen atoms in total. The lowest BCUT2D eigenvalue weighted by Gasteiger charge is -2.17. The van der Waals surface area contributed by atoms with Crippen molar-refractivity contribution in [2.45, 2.75) is 5.37 Å². The molecule has 0 spiro atoms. The smallest absolute Gasteiger partial charge is 0.0883 e. The van der Waals surface area contributed by atoms with Crippen molar-refractivity contribution in [3.05, 3.63) is 35.9 Å². The van der Waals surface area contributed by atoms with Gasteiger partial charge >= 0.3 is 0 Å². The van der Waals surface area contributed by atoms with Crippen LogP contribution in [0.5, 0.6) is 0 Å². The summed E-state index contributed by atoms with van der Waals surface area (Å²) in [7, 11) is 0. The number of fused-ring (bicyclic) bond motifs is 1. The molecule has 1 aromatic rings. The molecule has 0 aromatic heterocycles. The Morgan fingerprint density at radius 2 is 2.09 bits per heavy atom. The molecule has 56 valence electrons. The molecule has 1 heterocycles. The van der Waals surface area contributed by atoms with Crippen LogP contribution < -0.4 is 5.32 Å². The van der Waals surface area contributed by atoms with E-state index in [0.717, 1.165) is 5.69 Å². The first kappa shape index (κ1) is 6.80. The largest absolute Gasteiger partial charge is 0.370 e. The van der Waals surface area contributed by atoms with Crippen LogP contribution in [0.25, 0.3) is 6.08 Å². The number of para-hydroxylation sites is 1. The predicted octanol–water partition coefficient (Wildman–Crippen LogP) is 2.38. The van der Waals surface area contributed by atoms with Crippen molar-refractivity contribution in [2.24, 2.45) is 0 Å². The van der Waals surface area contributed by atoms with E-state index in [9.17, 15) is 0 Å². The molecule has 0 fully saturated rings. The number of rotatable bonds is 0. The molecule has 1 aliphatic heterocycles. The Balaban J connectivity index is 2.46. The lowest BCUT2D eigenvalue weighted by Crippen LogP contribution is -2.12. The molecule has 0 saturated heterocycles. The first-order valence-electron chi connectivity index (χ1n) is 3.58. The van der Waals surface area contributed by atoms with E-state index >= 15 is 0 Å². The molecule has 0 amide bonds. The molecular formula is C9H9NS. The Hall–Kier alpha value is -0.890. The van der Waals surface area contributed by atoms with Gasteiger partial charge in [-0.05, 0) is 11.6 Å². The van der Waals surface area contributed by atoms with E-state index in [4.69, 9.17) is 0 Å². The van der Waals surface area contributed by atoms with Gasteiger partial charge in [0.05, 0.1) is 5.37 Å². The summed E-state index contributed by atoms with van der Waals surface area (Å²) >= 11 is 4.29. The van der Waals surface area contributed by atoms with Crippen LogP contribution in [0.1, 0.15) is 5.56 Å². The summed E-state index contributed by atoms with van der Waals surface area (Å²) in [5.74, 6) is 0. The Labute approximate surface area is 71.5 Å². The van der Waals surface area contributed by atoms with E-state index in [1.165, 1.54) is 5.56 Å². The third-order valence-electron chi connectivity index (χ3n) is 1.72. The minimum absolute atomic E-state index is 0.157. The molecule has 1 atom stereocenters. The minimum atomic E-state index is 0.157. The van der Waals surface area contributed by atoms with E-state index in [1.54, 1.807) is 0 Å². The van der Waals surface area contributed by atoms with Crippen molar-refractivity contribution in [3.63, 3.8) is 0 Å². The van der Waals surface area contributed by atoms with Crippen molar-refractivity contribution >= 4 is 24.4 Å². The van der Waals surface area contributed by atoms with Crippen LogP contribution in [-0.4, -0.2) is 5.37 Å². The van der Waals surface area contributed by atoms with Gasteiger partial charge in [-0.1, -0.05) is 30.4 Å². The summed E-state index contributed by atoms with van der Waals surface area (Å²) in [6.45, 7) is 0. The van der Waals surface area contributed by atoms with Crippen molar-refractivity contribution in [1.29, 1.82) is 0 Å². The summed E-state index contributed by atoms with van der Waals surface area (Å²) in [6.07, 6.45) is 4.12. The van der Waals surface area contributed by atoms with E-state index in [-0.39, 0.29) is 5.37 Å². The molecule has 2 heteroatoms. The normalized spacial score (nSPS) is 20.6. The molecule has 0 aliphatic carbocycles. The Bertz CT molecular complexity index is 293. The molecule has 1 aromatic carbocycles. The quantitative estimate of drug-likeness (QED) is 0.560. The van der Waals surface area contributed by atoms with Crippen LogP contribution >= 0.6 is 12.6 Å². The average molecular weight is 163 g/mol. The molecule has 1 aliphatic rings. The number of hydrogen-bond acceptors (Lipinski definition) is 2. The highest BCUT2D eigenvalue weighted by Gasteiger charge is 2.06. The van der Waals surface area contributed by atoms with Crippen molar-refractivity contribution in [2.75, 3.05) is 5.32 Å². The fourth-order valence-electron chi connectivity index (χ4n) is 1.18. The first-order valence-corrected chi connectivity index (χ1v) is 4.10. The Kier molecular flexibility index (Phi) is 1.62. The van der Waals surface area contributed by atoms with E-state index in [2.05, 4.69) is 36.2 Å². The van der Waals surface area contributed by atoms with Crippen LogP contribution in [0.15, 0.2) is 30.3 Å². The zero-order valence-electron chi connectivity index (χ0n) is 5.99. The van der Waals surface area contributed by atoms with Crippen LogP contribution in [-0.2, 0) is 0 Å². The monoisotopic (exact) mass is 163 g/mol. The fourth-order valence-corrected chi connectivity index (χ4v) is 1.40. The highest BCUT2D eigenvalue weighted by Crippen LogP contribution is 2.22. The van der Waals surface area contributed by atoms with Crippen molar-refractivity contribution < 1.29 is 0 Å². The van der Waals surface area contributed by atoms with Crippen molar-refractivity contribution in [1.82, 2.24) is 0 Å². The van der Waals surface area contributed by atoms with Crippen LogP contribution in [0, 0.1) is 0 Å². The van der Waals surface area contributed by atoms with Gasteiger partial charge in [0, 0.05) is 5.69 Å². The third-order valence-corrected chi connectivity index (χ3v) is 2.02. The predicted molar refractivity (Wildman–Crippen MR) is 51.9 cm³/mol. The number of anilines is 1. The molecule has 0 radical (unpaired) electrons. The molecular weight excluding hydrogens is 154 g/mol. The highest BCUT2D eigenvalue weighted by molar-refractivity contribution is 7.81. The highest BCUT2D eigenvalue weighted by atomic mass is 32.1. The summed E-state index contributed by atoms with van der Waals surface area (Å²) in [4.78, 5) is 0. The first-order chi connectivity index (χ1) is 5.36. The summed E-state index contributed by atoms with van der Waals surface area (Å²) in [5, 5.41) is 3.39. The van der Waals surface area contributed by atoms with Gasteiger partial charge in [0.2, 0.25) is 0 Å². The summed E-state index contributed by atoms with van der Waals surface area (Å²) in [5.41, 5.74) is 2.40. The standard InChI is InChI=1S/C9H9NS/c11-9-6-5-7-3-1-2-4-8(7)10-9/h1-6,9-11H. The van der Waals surface area contributed by atoms with Gasteiger partial charge in [0.1, 0.15) is 0 Å². The SMILES string of the molecule is SC1C=Cc2ccccc2N1. The van der Waals surface area contributed by atoms with Gasteiger partial charge in [0.25, 0.3) is 0 Å². The van der Waals surface area contributed by atoms with Gasteiger partial charge < -0.3 is 5.32 Å². The van der Waals surface area contributed by atoms with Crippen LogP contribution in [0.3, 0.4) is 0 Å². The van der Waals surface area contributed by atoms with Gasteiger partial charge in [-0.2, -0.15) is 12.6 Å². The Morgan fingerprint density at radius 3 is 3.00 bits per heavy atom. The lowest BCUT2D eigenvalue weighted by atomic mass is 10.1. The second-order valence-electron chi connectivity index (χ2n) is 2.54. The third kappa shape index (κ3) is 1.26. The van der Waals surface area contributed by atoms with E-state index in [0.29, 0.717) is 0 Å². The molecule has 1 unspecified atom stereocenters. The molecule has 0 saturated carbocycles.